The Kier molecular flexibility index (Phi) is 6.23. The average Bonchev–Trinajstić information content (AvgIpc) is 3.61. The highest BCUT2D eigenvalue weighted by Gasteiger charge is 2.42. The fourth-order valence-corrected chi connectivity index (χ4v) is 4.92. The molecule has 0 aliphatic carbocycles. The van der Waals surface area contributed by atoms with Gasteiger partial charge in [-0.05, 0) is 67.5 Å². The second-order valence-electron chi connectivity index (χ2n) is 8.53. The molecule has 9 nitrogen and oxygen atoms in total. The van der Waals surface area contributed by atoms with Crippen LogP contribution in [0.2, 0.25) is 0 Å². The molecule has 0 amide bonds. The van der Waals surface area contributed by atoms with E-state index in [9.17, 15) is 19.8 Å². The summed E-state index contributed by atoms with van der Waals surface area (Å²) in [5.74, 6) is -1.48. The fraction of sp³-hybridized carbons (Fsp3) is 0.280. The number of nitrogens with zero attached hydrogens (tertiary/aromatic N) is 2. The van der Waals surface area contributed by atoms with Crippen molar-refractivity contribution in [2.24, 2.45) is 0 Å². The van der Waals surface area contributed by atoms with E-state index in [1.807, 2.05) is 29.2 Å². The number of rotatable bonds is 7. The SMILES string of the molecule is O=C(O)c1cc(C(=O)O)cc(-c2ccc([C@@H]3[C@@H](c4ccccn4)NC(=S)N3C[C@@H]3CCCO3)o2)c1. The number of benzene rings is 1. The Hall–Kier alpha value is -3.76. The lowest BCUT2D eigenvalue weighted by Crippen LogP contribution is -2.36. The number of aromatic nitrogens is 1. The highest BCUT2D eigenvalue weighted by Crippen LogP contribution is 2.41. The van der Waals surface area contributed by atoms with Gasteiger partial charge in [-0.15, -0.1) is 0 Å². The van der Waals surface area contributed by atoms with Gasteiger partial charge in [0, 0.05) is 24.9 Å². The number of hydrogen-bond acceptors (Lipinski definition) is 6. The molecule has 3 aromatic rings. The molecule has 0 radical (unpaired) electrons. The van der Waals surface area contributed by atoms with Crippen LogP contribution in [0.25, 0.3) is 11.3 Å². The molecule has 2 fully saturated rings. The molecule has 0 spiro atoms. The van der Waals surface area contributed by atoms with Gasteiger partial charge in [0.15, 0.2) is 5.11 Å². The first kappa shape index (κ1) is 23.0. The highest BCUT2D eigenvalue weighted by molar-refractivity contribution is 7.80. The molecule has 180 valence electrons. The largest absolute Gasteiger partial charge is 0.478 e. The van der Waals surface area contributed by atoms with Crippen molar-refractivity contribution in [2.45, 2.75) is 31.0 Å². The van der Waals surface area contributed by atoms with Crippen LogP contribution in [0.5, 0.6) is 0 Å². The Morgan fingerprint density at radius 3 is 2.51 bits per heavy atom. The third kappa shape index (κ3) is 4.62. The zero-order valence-electron chi connectivity index (χ0n) is 18.6. The summed E-state index contributed by atoms with van der Waals surface area (Å²) in [6.45, 7) is 1.32. The summed E-state index contributed by atoms with van der Waals surface area (Å²) in [4.78, 5) is 29.6. The van der Waals surface area contributed by atoms with Gasteiger partial charge in [0.05, 0.1) is 29.0 Å². The summed E-state index contributed by atoms with van der Waals surface area (Å²) in [7, 11) is 0. The Morgan fingerprint density at radius 1 is 1.11 bits per heavy atom. The molecule has 35 heavy (non-hydrogen) atoms. The van der Waals surface area contributed by atoms with Crippen LogP contribution < -0.4 is 5.32 Å². The molecular weight excluding hydrogens is 470 g/mol. The summed E-state index contributed by atoms with van der Waals surface area (Å²) >= 11 is 5.68. The summed E-state index contributed by atoms with van der Waals surface area (Å²) in [5, 5.41) is 22.8. The first-order valence-electron chi connectivity index (χ1n) is 11.2. The smallest absolute Gasteiger partial charge is 0.335 e. The minimum Gasteiger partial charge on any atom is -0.478 e. The van der Waals surface area contributed by atoms with Crippen molar-refractivity contribution < 1.29 is 29.0 Å². The van der Waals surface area contributed by atoms with Crippen molar-refractivity contribution >= 4 is 29.3 Å². The molecule has 0 saturated carbocycles. The standard InChI is InChI=1S/C25H23N3O6S/c29-23(30)15-10-14(11-16(12-15)24(31)32)19-6-7-20(34-19)22-21(18-5-1-2-8-26-18)27-25(35)28(22)13-17-4-3-9-33-17/h1-2,5-8,10-12,17,21-22H,3-4,9,13H2,(H,27,35)(H,29,30)(H,31,32)/t17-,21+,22+/m0/s1. The van der Waals surface area contributed by atoms with Crippen LogP contribution >= 0.6 is 12.2 Å². The molecule has 1 aromatic carbocycles. The van der Waals surface area contributed by atoms with Gasteiger partial charge in [0.25, 0.3) is 0 Å². The van der Waals surface area contributed by atoms with Crippen molar-refractivity contribution in [1.82, 2.24) is 15.2 Å². The zero-order valence-corrected chi connectivity index (χ0v) is 19.4. The van der Waals surface area contributed by atoms with Crippen LogP contribution in [0, 0.1) is 0 Å². The second kappa shape index (κ2) is 9.47. The molecule has 0 bridgehead atoms. The van der Waals surface area contributed by atoms with Crippen LogP contribution in [0.15, 0.2) is 59.1 Å². The molecule has 2 aliphatic heterocycles. The summed E-state index contributed by atoms with van der Waals surface area (Å²) in [6, 6.07) is 12.5. The normalized spacial score (nSPS) is 21.8. The average molecular weight is 494 g/mol. The molecule has 4 heterocycles. The Balaban J connectivity index is 1.53. The topological polar surface area (TPSA) is 125 Å². The van der Waals surface area contributed by atoms with E-state index < -0.39 is 11.9 Å². The van der Waals surface area contributed by atoms with Crippen LogP contribution in [0.4, 0.5) is 0 Å². The maximum absolute atomic E-state index is 11.5. The van der Waals surface area contributed by atoms with E-state index in [4.69, 9.17) is 21.4 Å². The monoisotopic (exact) mass is 493 g/mol. The second-order valence-corrected chi connectivity index (χ2v) is 8.91. The zero-order chi connectivity index (χ0) is 24.5. The van der Waals surface area contributed by atoms with Crippen LogP contribution in [-0.4, -0.2) is 56.4 Å². The molecule has 10 heteroatoms. The quantitative estimate of drug-likeness (QED) is 0.417. The number of ether oxygens (including phenoxy) is 1. The summed E-state index contributed by atoms with van der Waals surface area (Å²) in [5.41, 5.74) is 0.900. The molecule has 0 unspecified atom stereocenters. The number of aromatic carboxylic acids is 2. The van der Waals surface area contributed by atoms with Gasteiger partial charge in [0.1, 0.15) is 17.6 Å². The maximum Gasteiger partial charge on any atom is 0.335 e. The lowest BCUT2D eigenvalue weighted by molar-refractivity contribution is 0.0696. The molecular formula is C25H23N3O6S. The van der Waals surface area contributed by atoms with Crippen molar-refractivity contribution in [1.29, 1.82) is 0 Å². The first-order valence-corrected chi connectivity index (χ1v) is 11.6. The van der Waals surface area contributed by atoms with E-state index in [1.54, 1.807) is 12.3 Å². The van der Waals surface area contributed by atoms with Gasteiger partial charge in [0.2, 0.25) is 0 Å². The first-order chi connectivity index (χ1) is 16.9. The van der Waals surface area contributed by atoms with Crippen LogP contribution in [-0.2, 0) is 4.74 Å². The molecule has 2 aliphatic rings. The minimum absolute atomic E-state index is 0.0551. The molecule has 2 saturated heterocycles. The Bertz CT molecular complexity index is 1240. The lowest BCUT2D eigenvalue weighted by Gasteiger charge is -2.28. The summed E-state index contributed by atoms with van der Waals surface area (Å²) in [6.07, 6.45) is 3.73. The predicted octanol–water partition coefficient (Wildman–Crippen LogP) is 3.89. The van der Waals surface area contributed by atoms with E-state index in [0.29, 0.717) is 28.7 Å². The number of nitrogens with one attached hydrogen (secondary N) is 1. The van der Waals surface area contributed by atoms with Crippen molar-refractivity contribution in [3.05, 3.63) is 77.3 Å². The molecule has 3 N–H and O–H groups in total. The van der Waals surface area contributed by atoms with E-state index in [-0.39, 0.29) is 29.3 Å². The van der Waals surface area contributed by atoms with Crippen molar-refractivity contribution in [3.63, 3.8) is 0 Å². The number of carboxylic acid groups (broad SMARTS) is 2. The fourth-order valence-electron chi connectivity index (χ4n) is 4.60. The highest BCUT2D eigenvalue weighted by atomic mass is 32.1. The molecule has 2 aromatic heterocycles. The number of thiocarbonyl (C=S) groups is 1. The Morgan fingerprint density at radius 2 is 1.89 bits per heavy atom. The van der Waals surface area contributed by atoms with Crippen molar-refractivity contribution in [3.8, 4) is 11.3 Å². The van der Waals surface area contributed by atoms with Gasteiger partial charge in [-0.1, -0.05) is 6.07 Å². The van der Waals surface area contributed by atoms with Gasteiger partial charge < -0.3 is 29.6 Å². The van der Waals surface area contributed by atoms with Gasteiger partial charge in [-0.3, -0.25) is 4.98 Å². The number of carbonyl (C=O) groups is 2. The maximum atomic E-state index is 11.5. The van der Waals surface area contributed by atoms with Crippen molar-refractivity contribution in [2.75, 3.05) is 13.2 Å². The van der Waals surface area contributed by atoms with Crippen LogP contribution in [0.3, 0.4) is 0 Å². The lowest BCUT2D eigenvalue weighted by atomic mass is 10.0. The van der Waals surface area contributed by atoms with E-state index in [2.05, 4.69) is 10.3 Å². The molecule has 3 atom stereocenters. The predicted molar refractivity (Wildman–Crippen MR) is 129 cm³/mol. The Labute approximate surface area is 206 Å². The van der Waals surface area contributed by atoms with Crippen LogP contribution in [0.1, 0.15) is 57.1 Å². The van der Waals surface area contributed by atoms with Gasteiger partial charge in [-0.2, -0.15) is 0 Å². The number of carboxylic acids is 2. The van der Waals surface area contributed by atoms with Gasteiger partial charge in [-0.25, -0.2) is 9.59 Å². The molecule has 5 rings (SSSR count). The van der Waals surface area contributed by atoms with E-state index in [0.717, 1.165) is 31.2 Å². The van der Waals surface area contributed by atoms with E-state index in [1.165, 1.54) is 12.1 Å². The van der Waals surface area contributed by atoms with Gasteiger partial charge >= 0.3 is 11.9 Å². The summed E-state index contributed by atoms with van der Waals surface area (Å²) < 4.78 is 12.1. The number of hydrogen-bond donors (Lipinski definition) is 3. The number of pyridine rings is 1. The van der Waals surface area contributed by atoms with E-state index >= 15 is 0 Å². The third-order valence-electron chi connectivity index (χ3n) is 6.25. The third-order valence-corrected chi connectivity index (χ3v) is 6.60. The number of furan rings is 1. The minimum atomic E-state index is -1.22.